The molecule has 0 aromatic carbocycles. The predicted octanol–water partition coefficient (Wildman–Crippen LogP) is 1.71. The van der Waals surface area contributed by atoms with Crippen LogP contribution in [0.25, 0.3) is 0 Å². The van der Waals surface area contributed by atoms with E-state index in [1.54, 1.807) is 0 Å². The average molecular weight is 257 g/mol. The van der Waals surface area contributed by atoms with Crippen molar-refractivity contribution in [3.63, 3.8) is 0 Å². The molecule has 1 unspecified atom stereocenters. The van der Waals surface area contributed by atoms with Gasteiger partial charge < -0.3 is 9.47 Å². The summed E-state index contributed by atoms with van der Waals surface area (Å²) in [6, 6.07) is -1.22. The van der Waals surface area contributed by atoms with Crippen LogP contribution in [-0.4, -0.2) is 36.3 Å². The summed E-state index contributed by atoms with van der Waals surface area (Å²) >= 11 is 0. The summed E-state index contributed by atoms with van der Waals surface area (Å²) in [4.78, 5) is 22.1. The van der Waals surface area contributed by atoms with Crippen LogP contribution in [0.5, 0.6) is 0 Å². The van der Waals surface area contributed by atoms with Gasteiger partial charge in [-0.25, -0.2) is 0 Å². The van der Waals surface area contributed by atoms with Gasteiger partial charge in [-0.1, -0.05) is 19.1 Å². The van der Waals surface area contributed by atoms with Crippen molar-refractivity contribution >= 4 is 5.78 Å². The van der Waals surface area contributed by atoms with Crippen molar-refractivity contribution in [1.29, 1.82) is 0 Å². The van der Waals surface area contributed by atoms with Crippen LogP contribution in [-0.2, 0) is 14.3 Å². The first-order chi connectivity index (χ1) is 8.65. The maximum Gasteiger partial charge on any atom is 0.275 e. The van der Waals surface area contributed by atoms with E-state index in [2.05, 4.69) is 0 Å². The molecule has 0 radical (unpaired) electrons. The lowest BCUT2D eigenvalue weighted by Gasteiger charge is -2.12. The van der Waals surface area contributed by atoms with Crippen molar-refractivity contribution in [1.82, 2.24) is 0 Å². The van der Waals surface area contributed by atoms with Crippen LogP contribution in [0, 0.1) is 10.1 Å². The first-order valence-corrected chi connectivity index (χ1v) is 6.19. The van der Waals surface area contributed by atoms with Gasteiger partial charge in [0.2, 0.25) is 5.78 Å². The summed E-state index contributed by atoms with van der Waals surface area (Å²) < 4.78 is 10.3. The molecule has 0 bridgehead atoms. The van der Waals surface area contributed by atoms with Gasteiger partial charge in [0.15, 0.2) is 6.29 Å². The van der Waals surface area contributed by atoms with E-state index in [4.69, 9.17) is 9.47 Å². The normalized spacial score (nSPS) is 18.3. The number of allylic oxidation sites excluding steroid dienone is 2. The minimum absolute atomic E-state index is 0.00330. The highest BCUT2D eigenvalue weighted by molar-refractivity contribution is 5.82. The molecular formula is C12H19NO5. The van der Waals surface area contributed by atoms with Gasteiger partial charge in [-0.15, -0.1) is 0 Å². The van der Waals surface area contributed by atoms with E-state index < -0.39 is 17.3 Å². The molecule has 1 rings (SSSR count). The van der Waals surface area contributed by atoms with Gasteiger partial charge >= 0.3 is 0 Å². The average Bonchev–Trinajstić information content (AvgIpc) is 2.84. The number of nitrogens with zero attached hydrogens (tertiary/aromatic N) is 1. The third kappa shape index (κ3) is 4.93. The molecule has 102 valence electrons. The molecule has 0 saturated carbocycles. The molecule has 18 heavy (non-hydrogen) atoms. The number of nitro groups is 1. The largest absolute Gasteiger partial charge is 0.350 e. The lowest BCUT2D eigenvalue weighted by molar-refractivity contribution is -0.511. The first kappa shape index (κ1) is 14.8. The van der Waals surface area contributed by atoms with Gasteiger partial charge in [0.1, 0.15) is 0 Å². The van der Waals surface area contributed by atoms with Gasteiger partial charge in [-0.2, -0.15) is 0 Å². The summed E-state index contributed by atoms with van der Waals surface area (Å²) in [5, 5.41) is 10.9. The molecule has 0 spiro atoms. The highest BCUT2D eigenvalue weighted by Gasteiger charge is 2.34. The molecule has 6 nitrogen and oxygen atoms in total. The van der Waals surface area contributed by atoms with Gasteiger partial charge in [0, 0.05) is 11.3 Å². The van der Waals surface area contributed by atoms with Crippen molar-refractivity contribution in [2.45, 2.75) is 44.9 Å². The Balaban J connectivity index is 2.42. The fourth-order valence-corrected chi connectivity index (χ4v) is 1.74. The van der Waals surface area contributed by atoms with E-state index in [0.29, 0.717) is 19.6 Å². The number of rotatable bonds is 8. The molecule has 1 atom stereocenters. The van der Waals surface area contributed by atoms with E-state index in [1.807, 2.05) is 19.1 Å². The molecule has 1 fully saturated rings. The number of carbonyl (C=O) groups is 1. The quantitative estimate of drug-likeness (QED) is 0.376. The Kier molecular flexibility index (Phi) is 6.53. The molecule has 0 aliphatic carbocycles. The molecule has 0 aromatic heterocycles. The van der Waals surface area contributed by atoms with E-state index in [-0.39, 0.29) is 18.6 Å². The number of ketones is 1. The third-order valence-corrected chi connectivity index (χ3v) is 2.69. The minimum atomic E-state index is -1.22. The number of Topliss-reactive ketones (excluding diaryl/α,β-unsaturated/α-hetero) is 1. The lowest BCUT2D eigenvalue weighted by Crippen LogP contribution is -2.33. The predicted molar refractivity (Wildman–Crippen MR) is 64.8 cm³/mol. The maximum absolute atomic E-state index is 11.7. The summed E-state index contributed by atoms with van der Waals surface area (Å²) in [5.74, 6) is -0.361. The van der Waals surface area contributed by atoms with Gasteiger partial charge in [-0.05, 0) is 12.8 Å². The van der Waals surface area contributed by atoms with Gasteiger partial charge in [0.05, 0.1) is 19.6 Å². The van der Waals surface area contributed by atoms with Crippen LogP contribution < -0.4 is 0 Å². The van der Waals surface area contributed by atoms with E-state index in [1.165, 1.54) is 0 Å². The number of carbonyl (C=O) groups excluding carboxylic acids is 1. The van der Waals surface area contributed by atoms with Crippen molar-refractivity contribution < 1.29 is 19.2 Å². The summed E-state index contributed by atoms with van der Waals surface area (Å²) in [6.07, 6.45) is 4.84. The van der Waals surface area contributed by atoms with Crippen molar-refractivity contribution in [2.24, 2.45) is 0 Å². The second-order valence-electron chi connectivity index (χ2n) is 4.09. The SMILES string of the molecule is CC/C=C\CCC(=O)C(CC1OCCO1)[N+](=O)[O-]. The first-order valence-electron chi connectivity index (χ1n) is 6.19. The monoisotopic (exact) mass is 257 g/mol. The molecule has 1 saturated heterocycles. The summed E-state index contributed by atoms with van der Waals surface area (Å²) in [6.45, 7) is 2.86. The molecule has 1 aliphatic rings. The third-order valence-electron chi connectivity index (χ3n) is 2.69. The highest BCUT2D eigenvalue weighted by Crippen LogP contribution is 2.14. The summed E-state index contributed by atoms with van der Waals surface area (Å²) in [7, 11) is 0. The molecule has 0 aromatic rings. The van der Waals surface area contributed by atoms with Crippen LogP contribution >= 0.6 is 0 Å². The molecular weight excluding hydrogens is 238 g/mol. The molecule has 6 heteroatoms. The van der Waals surface area contributed by atoms with Crippen molar-refractivity contribution in [3.8, 4) is 0 Å². The Hall–Kier alpha value is -1.27. The van der Waals surface area contributed by atoms with Crippen LogP contribution in [0.2, 0.25) is 0 Å². The van der Waals surface area contributed by atoms with Gasteiger partial charge in [-0.3, -0.25) is 14.9 Å². The Labute approximate surface area is 106 Å². The zero-order chi connectivity index (χ0) is 13.4. The fourth-order valence-electron chi connectivity index (χ4n) is 1.74. The maximum atomic E-state index is 11.7. The van der Waals surface area contributed by atoms with Crippen molar-refractivity contribution in [3.05, 3.63) is 22.3 Å². The van der Waals surface area contributed by atoms with Crippen LogP contribution in [0.15, 0.2) is 12.2 Å². The van der Waals surface area contributed by atoms with Crippen LogP contribution in [0.4, 0.5) is 0 Å². The van der Waals surface area contributed by atoms with E-state index in [0.717, 1.165) is 6.42 Å². The number of hydrogen-bond donors (Lipinski definition) is 0. The topological polar surface area (TPSA) is 78.7 Å². The lowest BCUT2D eigenvalue weighted by atomic mass is 10.0. The zero-order valence-electron chi connectivity index (χ0n) is 10.5. The van der Waals surface area contributed by atoms with E-state index >= 15 is 0 Å². The Morgan fingerprint density at radius 2 is 2.11 bits per heavy atom. The number of hydrogen-bond acceptors (Lipinski definition) is 5. The Morgan fingerprint density at radius 1 is 1.44 bits per heavy atom. The Bertz CT molecular complexity index is 310. The molecule has 0 N–H and O–H groups in total. The van der Waals surface area contributed by atoms with Crippen LogP contribution in [0.3, 0.4) is 0 Å². The summed E-state index contributed by atoms with van der Waals surface area (Å²) in [5.41, 5.74) is 0. The van der Waals surface area contributed by atoms with Crippen molar-refractivity contribution in [2.75, 3.05) is 13.2 Å². The standard InChI is InChI=1S/C12H19NO5/c1-2-3-4-5-6-11(14)10(13(15)16)9-12-17-7-8-18-12/h3-4,10,12H,2,5-9H2,1H3/b4-3-. The second-order valence-corrected chi connectivity index (χ2v) is 4.09. The fraction of sp³-hybridized carbons (Fsp3) is 0.750. The Morgan fingerprint density at radius 3 is 2.67 bits per heavy atom. The van der Waals surface area contributed by atoms with Gasteiger partial charge in [0.25, 0.3) is 6.04 Å². The number of ether oxygens (including phenoxy) is 2. The van der Waals surface area contributed by atoms with E-state index in [9.17, 15) is 14.9 Å². The van der Waals surface area contributed by atoms with Crippen LogP contribution in [0.1, 0.15) is 32.6 Å². The highest BCUT2D eigenvalue weighted by atomic mass is 16.7. The second kappa shape index (κ2) is 7.94. The molecule has 0 amide bonds. The minimum Gasteiger partial charge on any atom is -0.350 e. The smallest absolute Gasteiger partial charge is 0.275 e. The zero-order valence-corrected chi connectivity index (χ0v) is 10.5. The molecule has 1 heterocycles. The molecule has 1 aliphatic heterocycles.